The van der Waals surface area contributed by atoms with Crippen molar-refractivity contribution in [3.63, 3.8) is 0 Å². The van der Waals surface area contributed by atoms with Gasteiger partial charge in [0.2, 0.25) is 0 Å². The fraction of sp³-hybridized carbons (Fsp3) is 0.280. The largest absolute Gasteiger partial charge is 0.497 e. The van der Waals surface area contributed by atoms with Crippen molar-refractivity contribution in [3.05, 3.63) is 76.5 Å². The Balaban J connectivity index is 2.08. The summed E-state index contributed by atoms with van der Waals surface area (Å²) in [5.41, 5.74) is 3.80. The lowest BCUT2D eigenvalue weighted by molar-refractivity contribution is -0.136. The first kappa shape index (κ1) is 21.4. The Bertz CT molecular complexity index is 1040. The minimum Gasteiger partial charge on any atom is -0.497 e. The van der Waals surface area contributed by atoms with E-state index in [0.717, 1.165) is 5.56 Å². The topological polar surface area (TPSA) is 55.8 Å². The van der Waals surface area contributed by atoms with Crippen LogP contribution in [0.1, 0.15) is 38.8 Å². The molecule has 0 atom stereocenters. The third-order valence-electron chi connectivity index (χ3n) is 5.19. The highest BCUT2D eigenvalue weighted by Gasteiger charge is 2.38. The van der Waals surface area contributed by atoms with Crippen molar-refractivity contribution in [3.8, 4) is 5.75 Å². The van der Waals surface area contributed by atoms with Crippen molar-refractivity contribution < 1.29 is 19.1 Å². The molecule has 2 aromatic rings. The zero-order valence-electron chi connectivity index (χ0n) is 18.3. The Labute approximate surface area is 177 Å². The molecule has 5 heteroatoms. The summed E-state index contributed by atoms with van der Waals surface area (Å²) in [7, 11) is 2.89. The van der Waals surface area contributed by atoms with Crippen molar-refractivity contribution in [2.24, 2.45) is 0 Å². The number of anilines is 1. The van der Waals surface area contributed by atoms with E-state index in [1.165, 1.54) is 17.6 Å². The molecule has 1 aliphatic heterocycles. The van der Waals surface area contributed by atoms with E-state index in [1.54, 1.807) is 44.4 Å². The molecule has 0 spiro atoms. The second-order valence-electron chi connectivity index (χ2n) is 8.22. The van der Waals surface area contributed by atoms with Crippen LogP contribution in [-0.2, 0) is 19.7 Å². The first-order chi connectivity index (χ1) is 14.2. The number of amides is 1. The van der Waals surface area contributed by atoms with Crippen LogP contribution in [-0.4, -0.2) is 26.1 Å². The van der Waals surface area contributed by atoms with E-state index in [1.807, 2.05) is 24.3 Å². The second-order valence-corrected chi connectivity index (χ2v) is 8.22. The summed E-state index contributed by atoms with van der Waals surface area (Å²) in [6, 6.07) is 15.2. The van der Waals surface area contributed by atoms with Gasteiger partial charge in [-0.15, -0.1) is 0 Å². The second kappa shape index (κ2) is 8.19. The number of ether oxygens (including phenoxy) is 2. The molecule has 0 saturated carbocycles. The first-order valence-electron chi connectivity index (χ1n) is 9.77. The summed E-state index contributed by atoms with van der Waals surface area (Å²) in [5.74, 6) is -0.187. The number of allylic oxidation sites excluding steroid dienone is 1. The van der Waals surface area contributed by atoms with Gasteiger partial charge in [-0.2, -0.15) is 0 Å². The molecule has 0 bridgehead atoms. The van der Waals surface area contributed by atoms with Crippen molar-refractivity contribution in [2.45, 2.75) is 33.1 Å². The van der Waals surface area contributed by atoms with Crippen LogP contribution in [0.4, 0.5) is 5.69 Å². The molecule has 156 valence electrons. The van der Waals surface area contributed by atoms with E-state index in [-0.39, 0.29) is 16.9 Å². The summed E-state index contributed by atoms with van der Waals surface area (Å²) in [6.07, 6.45) is 1.74. The number of methoxy groups -OCH3 is 2. The Morgan fingerprint density at radius 2 is 1.70 bits per heavy atom. The molecule has 0 unspecified atom stereocenters. The predicted octanol–water partition coefficient (Wildman–Crippen LogP) is 4.87. The lowest BCUT2D eigenvalue weighted by atomic mass is 9.86. The maximum atomic E-state index is 13.3. The summed E-state index contributed by atoms with van der Waals surface area (Å²) in [4.78, 5) is 27.4. The molecule has 5 nitrogen and oxygen atoms in total. The van der Waals surface area contributed by atoms with Crippen molar-refractivity contribution in [1.29, 1.82) is 0 Å². The smallest absolute Gasteiger partial charge is 0.340 e. The summed E-state index contributed by atoms with van der Waals surface area (Å²) in [6.45, 7) is 8.18. The number of nitrogens with zero attached hydrogens (tertiary/aromatic N) is 1. The van der Waals surface area contributed by atoms with Crippen LogP contribution in [0, 0.1) is 0 Å². The highest BCUT2D eigenvalue weighted by Crippen LogP contribution is 2.36. The van der Waals surface area contributed by atoms with Gasteiger partial charge in [-0.25, -0.2) is 4.79 Å². The Hall–Kier alpha value is -3.34. The van der Waals surface area contributed by atoms with Crippen LogP contribution >= 0.6 is 0 Å². The van der Waals surface area contributed by atoms with Gasteiger partial charge in [0.15, 0.2) is 0 Å². The first-order valence-corrected chi connectivity index (χ1v) is 9.77. The third kappa shape index (κ3) is 4.01. The summed E-state index contributed by atoms with van der Waals surface area (Å²) >= 11 is 0. The Morgan fingerprint density at radius 1 is 1.03 bits per heavy atom. The van der Waals surface area contributed by atoms with E-state index in [2.05, 4.69) is 20.8 Å². The highest BCUT2D eigenvalue weighted by molar-refractivity contribution is 6.23. The number of hydrogen-bond acceptors (Lipinski definition) is 4. The fourth-order valence-electron chi connectivity index (χ4n) is 3.49. The van der Waals surface area contributed by atoms with E-state index in [4.69, 9.17) is 9.47 Å². The molecular formula is C25H27NO4. The van der Waals surface area contributed by atoms with Crippen LogP contribution in [0.3, 0.4) is 0 Å². The van der Waals surface area contributed by atoms with Gasteiger partial charge in [0, 0.05) is 11.8 Å². The molecule has 0 aliphatic carbocycles. The maximum Gasteiger partial charge on any atom is 0.340 e. The molecule has 0 aromatic heterocycles. The zero-order valence-corrected chi connectivity index (χ0v) is 18.3. The van der Waals surface area contributed by atoms with Gasteiger partial charge in [-0.1, -0.05) is 51.1 Å². The number of carbonyl (C=O) groups excluding carboxylic acids is 2. The molecule has 1 amide bonds. The molecule has 0 N–H and O–H groups in total. The Morgan fingerprint density at radius 3 is 2.27 bits per heavy atom. The summed E-state index contributed by atoms with van der Waals surface area (Å²) in [5, 5.41) is 0. The van der Waals surface area contributed by atoms with Gasteiger partial charge in [0.25, 0.3) is 5.91 Å². The average Bonchev–Trinajstić information content (AvgIpc) is 2.96. The van der Waals surface area contributed by atoms with Gasteiger partial charge in [-0.05, 0) is 41.7 Å². The van der Waals surface area contributed by atoms with Gasteiger partial charge in [0.05, 0.1) is 31.1 Å². The Kier molecular flexibility index (Phi) is 5.83. The molecule has 30 heavy (non-hydrogen) atoms. The number of carbonyl (C=O) groups is 2. The fourth-order valence-corrected chi connectivity index (χ4v) is 3.49. The molecular weight excluding hydrogens is 378 g/mol. The zero-order chi connectivity index (χ0) is 22.1. The number of esters is 1. The quantitative estimate of drug-likeness (QED) is 0.538. The molecule has 1 aliphatic rings. The normalized spacial score (nSPS) is 15.7. The van der Waals surface area contributed by atoms with Crippen molar-refractivity contribution >= 4 is 23.6 Å². The molecule has 0 fully saturated rings. The lowest BCUT2D eigenvalue weighted by Crippen LogP contribution is -2.24. The average molecular weight is 405 g/mol. The highest BCUT2D eigenvalue weighted by atomic mass is 16.5. The predicted molar refractivity (Wildman–Crippen MR) is 118 cm³/mol. The van der Waals surface area contributed by atoms with E-state index < -0.39 is 5.97 Å². The molecule has 2 aromatic carbocycles. The van der Waals surface area contributed by atoms with Crippen LogP contribution in [0.2, 0.25) is 0 Å². The van der Waals surface area contributed by atoms with Gasteiger partial charge < -0.3 is 9.47 Å². The standard InChI is InChI=1S/C25H27NO4/c1-16-22(24(28)30-6)21(14-17-10-12-18(13-11-17)25(2,3)4)23(27)26(16)19-8-7-9-20(15-19)29-5/h7-15H,1-6H3/b21-14-. The molecule has 0 saturated heterocycles. The molecule has 3 rings (SSSR count). The van der Waals surface area contributed by atoms with Crippen LogP contribution in [0.5, 0.6) is 5.75 Å². The monoisotopic (exact) mass is 405 g/mol. The summed E-state index contributed by atoms with van der Waals surface area (Å²) < 4.78 is 10.3. The third-order valence-corrected chi connectivity index (χ3v) is 5.19. The van der Waals surface area contributed by atoms with Crippen LogP contribution in [0.15, 0.2) is 65.4 Å². The lowest BCUT2D eigenvalue weighted by Gasteiger charge is -2.19. The van der Waals surface area contributed by atoms with Crippen LogP contribution < -0.4 is 9.64 Å². The number of benzene rings is 2. The van der Waals surface area contributed by atoms with E-state index in [9.17, 15) is 9.59 Å². The number of hydrogen-bond donors (Lipinski definition) is 0. The number of rotatable bonds is 4. The van der Waals surface area contributed by atoms with Crippen molar-refractivity contribution in [1.82, 2.24) is 0 Å². The minimum atomic E-state index is -0.538. The molecule has 0 radical (unpaired) electrons. The van der Waals surface area contributed by atoms with Crippen LogP contribution in [0.25, 0.3) is 6.08 Å². The van der Waals surface area contributed by atoms with Gasteiger partial charge in [0.1, 0.15) is 5.75 Å². The van der Waals surface area contributed by atoms with Gasteiger partial charge >= 0.3 is 5.97 Å². The van der Waals surface area contributed by atoms with Crippen molar-refractivity contribution in [2.75, 3.05) is 19.1 Å². The van der Waals surface area contributed by atoms with Gasteiger partial charge in [-0.3, -0.25) is 9.69 Å². The van der Waals surface area contributed by atoms with E-state index in [0.29, 0.717) is 22.7 Å². The minimum absolute atomic E-state index is 0.0334. The SMILES string of the molecule is COC(=O)C1=C(C)N(c2cccc(OC)c2)C(=O)/C1=C\c1ccc(C(C)(C)C)cc1. The molecule has 1 heterocycles. The van der Waals surface area contributed by atoms with E-state index >= 15 is 0 Å². The maximum absolute atomic E-state index is 13.3.